The second kappa shape index (κ2) is 7.34. The van der Waals surface area contributed by atoms with Crippen LogP contribution in [-0.4, -0.2) is 32.3 Å². The number of nitro groups is 1. The van der Waals surface area contributed by atoms with Crippen molar-refractivity contribution in [2.75, 3.05) is 11.9 Å². The number of carbonyl (C=O) groups excluding carboxylic acids is 1. The molecule has 2 aromatic rings. The molecule has 1 aromatic carbocycles. The van der Waals surface area contributed by atoms with Crippen molar-refractivity contribution in [3.63, 3.8) is 0 Å². The normalized spacial score (nSPS) is 16.0. The third-order valence-corrected chi connectivity index (χ3v) is 4.14. The molecule has 3 rings (SSSR count). The average Bonchev–Trinajstić information content (AvgIpc) is 3.08. The van der Waals surface area contributed by atoms with Crippen molar-refractivity contribution in [3.8, 4) is 0 Å². The minimum absolute atomic E-state index is 0.0564. The van der Waals surface area contributed by atoms with E-state index in [2.05, 4.69) is 15.4 Å². The maximum atomic E-state index is 12.7. The van der Waals surface area contributed by atoms with Crippen molar-refractivity contribution in [3.05, 3.63) is 57.5 Å². The number of esters is 1. The first-order valence-corrected chi connectivity index (χ1v) is 8.31. The molecule has 1 aromatic heterocycles. The number of carbonyl (C=O) groups is 1. The van der Waals surface area contributed by atoms with E-state index in [4.69, 9.17) is 4.74 Å². The first-order chi connectivity index (χ1) is 12.5. The van der Waals surface area contributed by atoms with E-state index in [0.717, 1.165) is 12.8 Å². The molecule has 1 aliphatic rings. The van der Waals surface area contributed by atoms with Gasteiger partial charge in [-0.15, -0.1) is 0 Å². The Labute approximate surface area is 149 Å². The number of nitrogens with one attached hydrogen (secondary N) is 1. The molecule has 0 saturated carbocycles. The molecule has 26 heavy (non-hydrogen) atoms. The van der Waals surface area contributed by atoms with Crippen LogP contribution in [0.4, 0.5) is 11.6 Å². The summed E-state index contributed by atoms with van der Waals surface area (Å²) in [5, 5.41) is 18.4. The zero-order valence-corrected chi connectivity index (χ0v) is 14.5. The molecule has 136 valence electrons. The van der Waals surface area contributed by atoms with Crippen LogP contribution in [0.25, 0.3) is 0 Å². The maximum absolute atomic E-state index is 12.7. The highest BCUT2D eigenvalue weighted by Crippen LogP contribution is 2.36. The van der Waals surface area contributed by atoms with E-state index in [9.17, 15) is 14.9 Å². The molecular formula is C17H19N5O4. The fraction of sp³-hybridized carbons (Fsp3) is 0.353. The molecule has 1 aliphatic heterocycles. The van der Waals surface area contributed by atoms with Gasteiger partial charge in [0.25, 0.3) is 5.69 Å². The summed E-state index contributed by atoms with van der Waals surface area (Å²) >= 11 is 0. The first-order valence-electron chi connectivity index (χ1n) is 8.31. The van der Waals surface area contributed by atoms with Gasteiger partial charge in [-0.05, 0) is 18.9 Å². The summed E-state index contributed by atoms with van der Waals surface area (Å²) in [5.74, 6) is -0.00906. The number of hydrogen-bond donors (Lipinski definition) is 1. The predicted molar refractivity (Wildman–Crippen MR) is 93.4 cm³/mol. The SMILES string of the molecule is CCCCOC(=O)C1=C(C)Nc2ncnn2C1c1cccc([N+](=O)[O-])c1. The number of non-ortho nitro benzene ring substituents is 1. The van der Waals surface area contributed by atoms with Crippen molar-refractivity contribution in [2.45, 2.75) is 32.7 Å². The van der Waals surface area contributed by atoms with Crippen LogP contribution >= 0.6 is 0 Å². The van der Waals surface area contributed by atoms with Gasteiger partial charge >= 0.3 is 5.97 Å². The van der Waals surface area contributed by atoms with Crippen LogP contribution in [0.15, 0.2) is 41.9 Å². The number of allylic oxidation sites excluding steroid dienone is 1. The molecule has 1 unspecified atom stereocenters. The van der Waals surface area contributed by atoms with E-state index in [1.807, 2.05) is 6.92 Å². The lowest BCUT2D eigenvalue weighted by molar-refractivity contribution is -0.384. The number of hydrogen-bond acceptors (Lipinski definition) is 7. The van der Waals surface area contributed by atoms with Crippen LogP contribution in [0.5, 0.6) is 0 Å². The number of rotatable bonds is 6. The molecule has 0 saturated heterocycles. The average molecular weight is 357 g/mol. The highest BCUT2D eigenvalue weighted by Gasteiger charge is 2.34. The second-order valence-corrected chi connectivity index (χ2v) is 5.94. The Balaban J connectivity index is 2.05. The van der Waals surface area contributed by atoms with Gasteiger partial charge in [0.15, 0.2) is 0 Å². The van der Waals surface area contributed by atoms with Gasteiger partial charge in [0.1, 0.15) is 12.4 Å². The van der Waals surface area contributed by atoms with Gasteiger partial charge in [-0.25, -0.2) is 9.48 Å². The molecule has 0 amide bonds. The Kier molecular flexibility index (Phi) is 4.97. The summed E-state index contributed by atoms with van der Waals surface area (Å²) in [6, 6.07) is 5.50. The Morgan fingerprint density at radius 2 is 2.27 bits per heavy atom. The van der Waals surface area contributed by atoms with Gasteiger partial charge in [-0.3, -0.25) is 10.1 Å². The quantitative estimate of drug-likeness (QED) is 0.366. The highest BCUT2D eigenvalue weighted by atomic mass is 16.6. The number of anilines is 1. The molecule has 1 N–H and O–H groups in total. The van der Waals surface area contributed by atoms with E-state index in [1.165, 1.54) is 23.1 Å². The maximum Gasteiger partial charge on any atom is 0.338 e. The Morgan fingerprint density at radius 1 is 1.46 bits per heavy atom. The number of fused-ring (bicyclic) bond motifs is 1. The fourth-order valence-corrected chi connectivity index (χ4v) is 2.86. The molecular weight excluding hydrogens is 338 g/mol. The minimum atomic E-state index is -0.650. The summed E-state index contributed by atoms with van der Waals surface area (Å²) in [4.78, 5) is 27.5. The highest BCUT2D eigenvalue weighted by molar-refractivity contribution is 5.92. The van der Waals surface area contributed by atoms with Crippen LogP contribution in [-0.2, 0) is 9.53 Å². The molecule has 0 spiro atoms. The van der Waals surface area contributed by atoms with Crippen molar-refractivity contribution >= 4 is 17.6 Å². The molecule has 9 nitrogen and oxygen atoms in total. The standard InChI is InChI=1S/C17H19N5O4/c1-3-4-8-26-16(23)14-11(2)20-17-18-10-19-21(17)15(14)12-6-5-7-13(9-12)22(24)25/h5-7,9-10,15H,3-4,8H2,1-2H3,(H,18,19,20). The third-order valence-electron chi connectivity index (χ3n) is 4.14. The largest absolute Gasteiger partial charge is 0.462 e. The van der Waals surface area contributed by atoms with Crippen molar-refractivity contribution in [2.24, 2.45) is 0 Å². The number of nitrogens with zero attached hydrogens (tertiary/aromatic N) is 4. The molecule has 2 heterocycles. The van der Waals surface area contributed by atoms with Crippen LogP contribution in [0.3, 0.4) is 0 Å². The monoisotopic (exact) mass is 357 g/mol. The Bertz CT molecular complexity index is 874. The van der Waals surface area contributed by atoms with Crippen LogP contribution < -0.4 is 5.32 Å². The van der Waals surface area contributed by atoms with E-state index >= 15 is 0 Å². The van der Waals surface area contributed by atoms with Gasteiger partial charge in [0, 0.05) is 17.8 Å². The summed E-state index contributed by atoms with van der Waals surface area (Å²) in [6.07, 6.45) is 3.04. The minimum Gasteiger partial charge on any atom is -0.462 e. The van der Waals surface area contributed by atoms with Gasteiger partial charge in [-0.1, -0.05) is 25.5 Å². The second-order valence-electron chi connectivity index (χ2n) is 5.94. The Morgan fingerprint density at radius 3 is 3.00 bits per heavy atom. The number of unbranched alkanes of at least 4 members (excludes halogenated alkanes) is 1. The van der Waals surface area contributed by atoms with E-state index in [1.54, 1.807) is 19.1 Å². The fourth-order valence-electron chi connectivity index (χ4n) is 2.86. The zero-order valence-electron chi connectivity index (χ0n) is 14.5. The third kappa shape index (κ3) is 3.28. The van der Waals surface area contributed by atoms with Crippen molar-refractivity contribution in [1.82, 2.24) is 14.8 Å². The number of nitro benzene ring substituents is 1. The summed E-state index contributed by atoms with van der Waals surface area (Å²) in [5.41, 5.74) is 1.45. The Hall–Kier alpha value is -3.23. The molecule has 0 bridgehead atoms. The molecule has 9 heteroatoms. The van der Waals surface area contributed by atoms with Crippen LogP contribution in [0, 0.1) is 10.1 Å². The summed E-state index contributed by atoms with van der Waals surface area (Å²) < 4.78 is 6.91. The molecule has 1 atom stereocenters. The molecule has 0 radical (unpaired) electrons. The predicted octanol–water partition coefficient (Wildman–Crippen LogP) is 2.82. The van der Waals surface area contributed by atoms with Gasteiger partial charge in [0.05, 0.1) is 17.1 Å². The molecule has 0 aliphatic carbocycles. The van der Waals surface area contributed by atoms with Crippen LogP contribution in [0.1, 0.15) is 38.3 Å². The van der Waals surface area contributed by atoms with Gasteiger partial charge in [0.2, 0.25) is 5.95 Å². The topological polar surface area (TPSA) is 112 Å². The lowest BCUT2D eigenvalue weighted by Crippen LogP contribution is -2.29. The number of aromatic nitrogens is 3. The molecule has 0 fully saturated rings. The zero-order chi connectivity index (χ0) is 18.7. The van der Waals surface area contributed by atoms with Crippen molar-refractivity contribution in [1.29, 1.82) is 0 Å². The van der Waals surface area contributed by atoms with Crippen molar-refractivity contribution < 1.29 is 14.5 Å². The first kappa shape index (κ1) is 17.6. The summed E-state index contributed by atoms with van der Waals surface area (Å²) in [7, 11) is 0. The van der Waals surface area contributed by atoms with E-state index < -0.39 is 16.9 Å². The van der Waals surface area contributed by atoms with Gasteiger partial charge < -0.3 is 10.1 Å². The number of benzene rings is 1. The number of ether oxygens (including phenoxy) is 1. The van der Waals surface area contributed by atoms with Crippen LogP contribution in [0.2, 0.25) is 0 Å². The van der Waals surface area contributed by atoms with Gasteiger partial charge in [-0.2, -0.15) is 10.1 Å². The lowest BCUT2D eigenvalue weighted by atomic mass is 9.95. The van der Waals surface area contributed by atoms with E-state index in [0.29, 0.717) is 29.4 Å². The smallest absolute Gasteiger partial charge is 0.338 e. The lowest BCUT2D eigenvalue weighted by Gasteiger charge is -2.28. The van der Waals surface area contributed by atoms with E-state index in [-0.39, 0.29) is 5.69 Å². The summed E-state index contributed by atoms with van der Waals surface area (Å²) in [6.45, 7) is 4.07.